The highest BCUT2D eigenvalue weighted by Crippen LogP contribution is 2.30. The Labute approximate surface area is 393 Å². The molecule has 0 spiro atoms. The fourth-order valence-electron chi connectivity index (χ4n) is 6.92. The monoisotopic (exact) mass is 906 g/mol. The lowest BCUT2D eigenvalue weighted by Gasteiger charge is -2.14. The van der Waals surface area contributed by atoms with Crippen molar-refractivity contribution in [2.75, 3.05) is 47.5 Å². The van der Waals surface area contributed by atoms with Crippen molar-refractivity contribution in [1.82, 2.24) is 19.8 Å². The third-order valence-electron chi connectivity index (χ3n) is 11.0. The van der Waals surface area contributed by atoms with Gasteiger partial charge >= 0.3 is 0 Å². The predicted octanol–water partition coefficient (Wildman–Crippen LogP) is 12.1. The summed E-state index contributed by atoms with van der Waals surface area (Å²) in [4.78, 5) is 23.0. The quantitative estimate of drug-likeness (QED) is 0.0520. The summed E-state index contributed by atoms with van der Waals surface area (Å²) in [5.74, 6) is 0.855. The number of aliphatic hydroxyl groups is 1. The molecule has 0 unspecified atom stereocenters. The van der Waals surface area contributed by atoms with Gasteiger partial charge in [-0.2, -0.15) is 0 Å². The highest BCUT2D eigenvalue weighted by atomic mass is 32.1. The second-order valence-corrected chi connectivity index (χ2v) is 18.4. The molecule has 0 aliphatic carbocycles. The Morgan fingerprint density at radius 1 is 0.600 bits per heavy atom. The molecule has 0 saturated heterocycles. The van der Waals surface area contributed by atoms with Gasteiger partial charge in [-0.1, -0.05) is 83.9 Å². The first-order valence-electron chi connectivity index (χ1n) is 21.9. The molecule has 1 N–H and O–H groups in total. The van der Waals surface area contributed by atoms with Gasteiger partial charge in [0.2, 0.25) is 0 Å². The number of aryl methyl sites for hydroxylation is 6. The minimum Gasteiger partial charge on any atom is -0.497 e. The van der Waals surface area contributed by atoms with Crippen LogP contribution in [0.4, 0.5) is 11.4 Å². The van der Waals surface area contributed by atoms with Crippen molar-refractivity contribution in [2.45, 2.75) is 61.0 Å². The number of rotatable bonds is 18. The largest absolute Gasteiger partial charge is 0.497 e. The lowest BCUT2D eigenvalue weighted by Crippen LogP contribution is -2.21. The van der Waals surface area contributed by atoms with Crippen LogP contribution in [0, 0.1) is 41.5 Å². The standard InChI is InChI=1S/C31H35N3O2S.C23H27N3OS/c1-22-6-10-26(11-7-22)30-20-37-31(33-30)18-27-16-24(3)29(17-23(27)2)32-21-34(4)14-15-36-19-25-8-12-28(35-5)13-9-25;1-16-5-7-19(8-6-16)22-14-28-23(25-22)13-20-11-18(3)21(12-17(20)2)24-15-26(4)9-10-27/h6-13,16-17,20-21H,14-15,18-19H2,1-5H3;5-8,11-12,14-15,27H,9-10,13H2,1-4H3. The molecule has 2 heterocycles. The number of aliphatic imine (C=N–C) groups is 2. The Balaban J connectivity index is 0.000000224. The van der Waals surface area contributed by atoms with Gasteiger partial charge in [-0.25, -0.2) is 20.0 Å². The number of aromatic nitrogens is 2. The van der Waals surface area contributed by atoms with Gasteiger partial charge in [-0.3, -0.25) is 0 Å². The number of hydrogen-bond acceptors (Lipinski definition) is 9. The van der Waals surface area contributed by atoms with Crippen LogP contribution in [0.1, 0.15) is 60.1 Å². The van der Waals surface area contributed by atoms with Crippen LogP contribution in [-0.4, -0.2) is 85.1 Å². The van der Waals surface area contributed by atoms with E-state index in [-0.39, 0.29) is 6.61 Å². The lowest BCUT2D eigenvalue weighted by atomic mass is 10.0. The van der Waals surface area contributed by atoms with Crippen LogP contribution in [-0.2, 0) is 24.2 Å². The second-order valence-electron chi connectivity index (χ2n) is 16.5. The molecule has 0 atom stereocenters. The topological polar surface area (TPSA) is 95.7 Å². The van der Waals surface area contributed by atoms with Gasteiger partial charge in [0.1, 0.15) is 5.75 Å². The highest BCUT2D eigenvalue weighted by molar-refractivity contribution is 7.10. The third-order valence-corrected chi connectivity index (χ3v) is 12.7. The third kappa shape index (κ3) is 14.5. The summed E-state index contributed by atoms with van der Waals surface area (Å²) in [6.07, 6.45) is 5.31. The van der Waals surface area contributed by atoms with Crippen molar-refractivity contribution in [3.8, 4) is 28.3 Å². The smallest absolute Gasteiger partial charge is 0.118 e. The van der Waals surface area contributed by atoms with E-state index in [9.17, 15) is 0 Å². The van der Waals surface area contributed by atoms with E-state index in [0.29, 0.717) is 19.8 Å². The minimum absolute atomic E-state index is 0.123. The number of likely N-dealkylation sites (N-methyl/N-ethyl adjacent to an activating group) is 2. The fraction of sp³-hybridized carbons (Fsp3) is 0.296. The molecule has 65 heavy (non-hydrogen) atoms. The molecule has 0 aliphatic rings. The number of ether oxygens (including phenoxy) is 2. The normalized spacial score (nSPS) is 11.3. The molecule has 0 amide bonds. The molecule has 0 aliphatic heterocycles. The van der Waals surface area contributed by atoms with Crippen LogP contribution in [0.3, 0.4) is 0 Å². The van der Waals surface area contributed by atoms with E-state index in [2.05, 4.69) is 135 Å². The molecule has 7 aromatic rings. The van der Waals surface area contributed by atoms with Crippen LogP contribution in [0.25, 0.3) is 22.5 Å². The fourth-order valence-corrected chi connectivity index (χ4v) is 8.57. The van der Waals surface area contributed by atoms with Crippen molar-refractivity contribution >= 4 is 46.7 Å². The first kappa shape index (κ1) is 48.5. The molecule has 338 valence electrons. The number of nitrogens with zero attached hydrogens (tertiary/aromatic N) is 6. The summed E-state index contributed by atoms with van der Waals surface area (Å²) >= 11 is 3.43. The average molecular weight is 907 g/mol. The summed E-state index contributed by atoms with van der Waals surface area (Å²) < 4.78 is 11.0. The lowest BCUT2D eigenvalue weighted by molar-refractivity contribution is 0.112. The number of methoxy groups -OCH3 is 1. The van der Waals surface area contributed by atoms with Crippen LogP contribution < -0.4 is 4.74 Å². The Bertz CT molecular complexity index is 2650. The zero-order valence-electron chi connectivity index (χ0n) is 39.3. The van der Waals surface area contributed by atoms with Gasteiger partial charge in [-0.15, -0.1) is 22.7 Å². The zero-order valence-corrected chi connectivity index (χ0v) is 40.9. The molecule has 9 nitrogen and oxygen atoms in total. The summed E-state index contributed by atoms with van der Waals surface area (Å²) in [7, 11) is 5.60. The van der Waals surface area contributed by atoms with E-state index < -0.39 is 0 Å². The van der Waals surface area contributed by atoms with Crippen molar-refractivity contribution < 1.29 is 14.6 Å². The van der Waals surface area contributed by atoms with Gasteiger partial charge in [-0.05, 0) is 105 Å². The Morgan fingerprint density at radius 2 is 1.06 bits per heavy atom. The average Bonchev–Trinajstić information content (AvgIpc) is 3.98. The van der Waals surface area contributed by atoms with Crippen LogP contribution in [0.2, 0.25) is 0 Å². The summed E-state index contributed by atoms with van der Waals surface area (Å²) in [5.41, 5.74) is 17.4. The maximum atomic E-state index is 8.99. The van der Waals surface area contributed by atoms with Crippen molar-refractivity contribution in [1.29, 1.82) is 0 Å². The molecule has 2 aromatic heterocycles. The minimum atomic E-state index is 0.123. The molecule has 5 aromatic carbocycles. The van der Waals surface area contributed by atoms with Crippen molar-refractivity contribution in [3.63, 3.8) is 0 Å². The summed E-state index contributed by atoms with van der Waals surface area (Å²) in [6, 6.07) is 33.8. The Hall–Kier alpha value is -5.98. The molecular formula is C54H62N6O3S2. The zero-order chi connectivity index (χ0) is 46.3. The van der Waals surface area contributed by atoms with Gasteiger partial charge in [0.15, 0.2) is 0 Å². The van der Waals surface area contributed by atoms with Crippen LogP contribution in [0.15, 0.2) is 118 Å². The predicted molar refractivity (Wildman–Crippen MR) is 273 cm³/mol. The maximum Gasteiger partial charge on any atom is 0.118 e. The molecule has 11 heteroatoms. The first-order valence-corrected chi connectivity index (χ1v) is 23.7. The molecular weight excluding hydrogens is 845 g/mol. The highest BCUT2D eigenvalue weighted by Gasteiger charge is 2.12. The summed E-state index contributed by atoms with van der Waals surface area (Å²) in [6.45, 7) is 15.4. The maximum absolute atomic E-state index is 8.99. The SMILES string of the molecule is COc1ccc(COCCN(C)C=Nc2cc(C)c(Cc3nc(-c4ccc(C)cc4)cs3)cc2C)cc1.Cc1ccc(-c2csc(Cc3cc(C)c(N=CN(C)CCO)cc3C)n2)cc1. The molecule has 0 saturated carbocycles. The Kier molecular flexibility index (Phi) is 17.8. The molecule has 0 radical (unpaired) electrons. The van der Waals surface area contributed by atoms with E-state index in [0.717, 1.165) is 80.2 Å². The first-order chi connectivity index (χ1) is 31.4. The van der Waals surface area contributed by atoms with Gasteiger partial charge in [0, 0.05) is 61.9 Å². The number of thiazole rings is 2. The van der Waals surface area contributed by atoms with Crippen molar-refractivity contribution in [3.05, 3.63) is 168 Å². The van der Waals surface area contributed by atoms with Gasteiger partial charge in [0.25, 0.3) is 0 Å². The van der Waals surface area contributed by atoms with Crippen molar-refractivity contribution in [2.24, 2.45) is 9.98 Å². The van der Waals surface area contributed by atoms with Gasteiger partial charge in [0.05, 0.1) is 72.4 Å². The summed E-state index contributed by atoms with van der Waals surface area (Å²) in [5, 5.41) is 15.5. The molecule has 0 fully saturated rings. The van der Waals surface area contributed by atoms with E-state index in [1.807, 2.05) is 49.6 Å². The van der Waals surface area contributed by atoms with E-state index in [4.69, 9.17) is 29.5 Å². The van der Waals surface area contributed by atoms with Gasteiger partial charge < -0.3 is 24.4 Å². The van der Waals surface area contributed by atoms with E-state index in [1.165, 1.54) is 38.9 Å². The van der Waals surface area contributed by atoms with E-state index >= 15 is 0 Å². The second kappa shape index (κ2) is 23.8. The van der Waals surface area contributed by atoms with Crippen LogP contribution >= 0.6 is 22.7 Å². The number of hydrogen-bond donors (Lipinski definition) is 1. The number of benzene rings is 5. The van der Waals surface area contributed by atoms with E-state index in [1.54, 1.807) is 36.1 Å². The number of aliphatic hydroxyl groups excluding tert-OH is 1. The Morgan fingerprint density at radius 3 is 1.51 bits per heavy atom. The van der Waals surface area contributed by atoms with Crippen LogP contribution in [0.5, 0.6) is 5.75 Å². The molecule has 0 bridgehead atoms. The molecule has 7 rings (SSSR count).